The van der Waals surface area contributed by atoms with Gasteiger partial charge in [0.2, 0.25) is 0 Å². The normalized spacial score (nSPS) is 15.8. The van der Waals surface area contributed by atoms with E-state index in [0.29, 0.717) is 0 Å². The first kappa shape index (κ1) is 38.2. The Morgan fingerprint density at radius 3 is 0.982 bits per heavy atom. The maximum Gasteiger partial charge on any atom is 0.416 e. The van der Waals surface area contributed by atoms with Gasteiger partial charge in [-0.2, -0.15) is 52.7 Å². The van der Waals surface area contributed by atoms with Crippen molar-refractivity contribution in [1.82, 2.24) is 0 Å². The van der Waals surface area contributed by atoms with Crippen LogP contribution in [0.15, 0.2) is 107 Å². The molecule has 0 bridgehead atoms. The molecule has 7 rings (SSSR count). The van der Waals surface area contributed by atoms with Crippen molar-refractivity contribution < 1.29 is 69.5 Å². The smallest absolute Gasteiger partial charge is 0.223 e. The molecule has 286 valence electrons. The number of sulfone groups is 2. The Labute approximate surface area is 302 Å². The molecule has 0 fully saturated rings. The molecule has 0 saturated carbocycles. The van der Waals surface area contributed by atoms with E-state index in [1.54, 1.807) is 0 Å². The monoisotopic (exact) mass is 818 g/mol. The van der Waals surface area contributed by atoms with Gasteiger partial charge in [-0.15, -0.1) is 0 Å². The minimum Gasteiger partial charge on any atom is -0.223 e. The van der Waals surface area contributed by atoms with Crippen molar-refractivity contribution >= 4 is 41.2 Å². The molecular weight excluding hydrogens is 801 g/mol. The molecule has 18 heteroatoms. The van der Waals surface area contributed by atoms with E-state index in [1.165, 1.54) is 48.5 Å². The van der Waals surface area contributed by atoms with E-state index in [2.05, 4.69) is 0 Å². The van der Waals surface area contributed by atoms with Gasteiger partial charge in [-0.1, -0.05) is 48.5 Å². The van der Waals surface area contributed by atoms with Gasteiger partial charge in [-0.05, 0) is 81.2 Å². The average molecular weight is 819 g/mol. The van der Waals surface area contributed by atoms with Crippen LogP contribution in [0.2, 0.25) is 0 Å². The van der Waals surface area contributed by atoms with Crippen LogP contribution in [0.3, 0.4) is 0 Å². The number of rotatable bonds is 2. The summed E-state index contributed by atoms with van der Waals surface area (Å²) in [5.41, 5.74) is -11.8. The van der Waals surface area contributed by atoms with E-state index in [-0.39, 0.29) is 57.9 Å². The minimum absolute atomic E-state index is 0.0180. The zero-order chi connectivity index (χ0) is 40.3. The van der Waals surface area contributed by atoms with E-state index in [9.17, 15) is 69.5 Å². The maximum absolute atomic E-state index is 14.4. The fourth-order valence-corrected chi connectivity index (χ4v) is 11.4. The Kier molecular flexibility index (Phi) is 8.47. The lowest BCUT2D eigenvalue weighted by Gasteiger charge is -2.21. The molecule has 6 aromatic carbocycles. The second kappa shape index (κ2) is 12.2. The largest absolute Gasteiger partial charge is 0.416 e. The molecular formula is C37H18F12O4S2. The molecule has 4 nitrogen and oxygen atoms in total. The first-order chi connectivity index (χ1) is 25.3. The van der Waals surface area contributed by atoms with Crippen LogP contribution >= 0.6 is 0 Å². The van der Waals surface area contributed by atoms with Crippen LogP contribution in [0.25, 0.3) is 54.9 Å². The Hall–Kier alpha value is -5.10. The molecule has 0 aliphatic carbocycles. The summed E-state index contributed by atoms with van der Waals surface area (Å²) in [6, 6.07) is 13.2. The summed E-state index contributed by atoms with van der Waals surface area (Å²) >= 11 is 0. The van der Waals surface area contributed by atoms with Gasteiger partial charge in [0.05, 0.1) is 32.0 Å². The van der Waals surface area contributed by atoms with Gasteiger partial charge in [0.25, 0.3) is 0 Å². The number of hydrogen-bond donors (Lipinski definition) is 0. The molecule has 0 radical (unpaired) electrons. The topological polar surface area (TPSA) is 68.3 Å². The molecule has 0 aromatic heterocycles. The molecule has 0 N–H and O–H groups in total. The highest BCUT2D eigenvalue weighted by Crippen LogP contribution is 2.53. The molecule has 1 aliphatic rings. The number of halogens is 12. The Bertz CT molecular complexity index is 2560. The number of alkyl halides is 12. The van der Waals surface area contributed by atoms with Crippen LogP contribution in [0.4, 0.5) is 52.7 Å². The third kappa shape index (κ3) is 6.68. The maximum atomic E-state index is 14.4. The van der Waals surface area contributed by atoms with Crippen molar-refractivity contribution in [3.05, 3.63) is 119 Å². The van der Waals surface area contributed by atoms with E-state index in [1.807, 2.05) is 0 Å². The highest BCUT2D eigenvalue weighted by atomic mass is 32.3. The van der Waals surface area contributed by atoms with E-state index in [0.717, 1.165) is 12.1 Å². The van der Waals surface area contributed by atoms with Gasteiger partial charge < -0.3 is 0 Å². The SMILES string of the molecule is O=S1(=O)CS(=O)(=O)c2c(-c3cc(C(F)(F)F)cc(C(F)(F)F)c3)cc3ccccc3c2-c2c1c(-c1cc(C(F)(F)F)cc(C(F)(F)F)c1)cc1ccccc21. The summed E-state index contributed by atoms with van der Waals surface area (Å²) in [4.78, 5) is -2.05. The predicted molar refractivity (Wildman–Crippen MR) is 177 cm³/mol. The third-order valence-electron chi connectivity index (χ3n) is 8.98. The highest BCUT2D eigenvalue weighted by Gasteiger charge is 2.43. The van der Waals surface area contributed by atoms with Crippen LogP contribution in [-0.4, -0.2) is 21.9 Å². The summed E-state index contributed by atoms with van der Waals surface area (Å²) in [7, 11) is -10.7. The quantitative estimate of drug-likeness (QED) is 0.163. The van der Waals surface area contributed by atoms with Crippen molar-refractivity contribution in [2.75, 3.05) is 5.08 Å². The Morgan fingerprint density at radius 2 is 0.691 bits per heavy atom. The van der Waals surface area contributed by atoms with E-state index < -0.39 is 115 Å². The van der Waals surface area contributed by atoms with Crippen molar-refractivity contribution in [3.8, 4) is 33.4 Å². The van der Waals surface area contributed by atoms with Gasteiger partial charge in [0.1, 0.15) is 0 Å². The van der Waals surface area contributed by atoms with Crippen LogP contribution in [-0.2, 0) is 44.4 Å². The fourth-order valence-electron chi connectivity index (χ4n) is 6.77. The second-order valence-corrected chi connectivity index (χ2v) is 16.9. The molecule has 1 heterocycles. The summed E-state index contributed by atoms with van der Waals surface area (Å²) in [6.07, 6.45) is -21.5. The lowest BCUT2D eigenvalue weighted by molar-refractivity contribution is -0.144. The van der Waals surface area contributed by atoms with Gasteiger partial charge in [0.15, 0.2) is 24.8 Å². The Balaban J connectivity index is 1.74. The first-order valence-corrected chi connectivity index (χ1v) is 18.7. The molecule has 0 saturated heterocycles. The second-order valence-electron chi connectivity index (χ2n) is 12.6. The molecule has 0 spiro atoms. The van der Waals surface area contributed by atoms with Crippen LogP contribution in [0, 0.1) is 0 Å². The zero-order valence-corrected chi connectivity index (χ0v) is 28.6. The zero-order valence-electron chi connectivity index (χ0n) is 26.9. The van der Waals surface area contributed by atoms with E-state index >= 15 is 0 Å². The van der Waals surface area contributed by atoms with Crippen molar-refractivity contribution in [1.29, 1.82) is 0 Å². The van der Waals surface area contributed by atoms with Gasteiger partial charge in [0, 0.05) is 22.3 Å². The lowest BCUT2D eigenvalue weighted by atomic mass is 9.87. The number of hydrogen-bond acceptors (Lipinski definition) is 4. The summed E-state index contributed by atoms with van der Waals surface area (Å²) < 4.78 is 226. The molecule has 55 heavy (non-hydrogen) atoms. The fraction of sp³-hybridized carbons (Fsp3) is 0.135. The van der Waals surface area contributed by atoms with Crippen LogP contribution < -0.4 is 0 Å². The third-order valence-corrected chi connectivity index (χ3v) is 13.6. The van der Waals surface area contributed by atoms with Crippen molar-refractivity contribution in [2.45, 2.75) is 34.5 Å². The predicted octanol–water partition coefficient (Wildman–Crippen LogP) is 11.6. The van der Waals surface area contributed by atoms with Crippen LogP contribution in [0.1, 0.15) is 22.3 Å². The number of benzene rings is 6. The van der Waals surface area contributed by atoms with Crippen LogP contribution in [0.5, 0.6) is 0 Å². The molecule has 1 aliphatic heterocycles. The van der Waals surface area contributed by atoms with Gasteiger partial charge in [-0.25, -0.2) is 16.8 Å². The Morgan fingerprint density at radius 1 is 0.400 bits per heavy atom. The summed E-state index contributed by atoms with van der Waals surface area (Å²) in [5.74, 6) is 0. The van der Waals surface area contributed by atoms with E-state index in [4.69, 9.17) is 0 Å². The van der Waals surface area contributed by atoms with Crippen molar-refractivity contribution in [2.24, 2.45) is 0 Å². The first-order valence-electron chi connectivity index (χ1n) is 15.4. The molecule has 0 atom stereocenters. The number of fused-ring (bicyclic) bond motifs is 7. The van der Waals surface area contributed by atoms with Gasteiger partial charge in [-0.3, -0.25) is 0 Å². The average Bonchev–Trinajstić information content (AvgIpc) is 3.15. The highest BCUT2D eigenvalue weighted by molar-refractivity contribution is 8.08. The van der Waals surface area contributed by atoms with Gasteiger partial charge >= 0.3 is 24.7 Å². The summed E-state index contributed by atoms with van der Waals surface area (Å²) in [5, 5.41) is -2.17. The van der Waals surface area contributed by atoms with Crippen molar-refractivity contribution in [3.63, 3.8) is 0 Å². The summed E-state index contributed by atoms with van der Waals surface area (Å²) in [6.45, 7) is 0. The molecule has 0 amide bonds. The molecule has 0 unspecified atom stereocenters. The lowest BCUT2D eigenvalue weighted by Crippen LogP contribution is -2.17. The molecule has 6 aromatic rings. The standard InChI is InChI=1S/C37H18F12O4S2/c38-34(39,40)22-9-20(10-23(15-22)35(41,42)43)28-13-18-5-1-3-7-26(18)30-31-27-8-4-2-6-19(27)14-29(33(31)55(52,53)17-54(50,51)32(28)30)21-11-24(36(44,45)46)16-25(12-21)37(47,48)49/h1-16H,17H2. The minimum atomic E-state index is -5.38.